The van der Waals surface area contributed by atoms with E-state index in [2.05, 4.69) is 10.9 Å². The zero-order valence-electron chi connectivity index (χ0n) is 15.9. The summed E-state index contributed by atoms with van der Waals surface area (Å²) in [5.74, 6) is 1.26. The molecule has 2 N–H and O–H groups in total. The third-order valence-corrected chi connectivity index (χ3v) is 8.38. The predicted molar refractivity (Wildman–Crippen MR) is 104 cm³/mol. The summed E-state index contributed by atoms with van der Waals surface area (Å²) in [4.78, 5) is 24.6. The Kier molecular flexibility index (Phi) is 5.42. The fraction of sp³-hybridized carbons (Fsp3) is 0.600. The Morgan fingerprint density at radius 1 is 1.00 bits per heavy atom. The molecule has 1 saturated heterocycles. The third-order valence-electron chi connectivity index (χ3n) is 6.47. The van der Waals surface area contributed by atoms with Crippen molar-refractivity contribution in [2.24, 2.45) is 17.8 Å². The number of hydrazine groups is 1. The Balaban J connectivity index is 1.29. The summed E-state index contributed by atoms with van der Waals surface area (Å²) in [6.45, 7) is 1.08. The fourth-order valence-electron chi connectivity index (χ4n) is 4.97. The highest BCUT2D eigenvalue weighted by Gasteiger charge is 2.40. The molecule has 152 valence electrons. The van der Waals surface area contributed by atoms with E-state index in [0.29, 0.717) is 36.9 Å². The van der Waals surface area contributed by atoms with Gasteiger partial charge in [-0.2, -0.15) is 4.31 Å². The van der Waals surface area contributed by atoms with Crippen molar-refractivity contribution in [2.75, 3.05) is 13.1 Å². The first-order valence-electron chi connectivity index (χ1n) is 10.1. The molecule has 1 aromatic carbocycles. The number of nitrogens with zero attached hydrogens (tertiary/aromatic N) is 1. The molecule has 2 saturated carbocycles. The van der Waals surface area contributed by atoms with Gasteiger partial charge in [-0.3, -0.25) is 20.4 Å². The second-order valence-electron chi connectivity index (χ2n) is 8.28. The highest BCUT2D eigenvalue weighted by Crippen LogP contribution is 2.49. The van der Waals surface area contributed by atoms with Gasteiger partial charge in [0.2, 0.25) is 15.9 Å². The summed E-state index contributed by atoms with van der Waals surface area (Å²) in [5, 5.41) is 0. The molecule has 0 spiro atoms. The van der Waals surface area contributed by atoms with Gasteiger partial charge in [-0.15, -0.1) is 0 Å². The van der Waals surface area contributed by atoms with Crippen molar-refractivity contribution >= 4 is 21.8 Å². The number of rotatable bonds is 5. The number of amides is 2. The first-order chi connectivity index (χ1) is 13.4. The summed E-state index contributed by atoms with van der Waals surface area (Å²) in [6.07, 6.45) is 7.10. The molecule has 1 aromatic rings. The summed E-state index contributed by atoms with van der Waals surface area (Å²) in [7, 11) is -3.49. The van der Waals surface area contributed by atoms with E-state index in [-0.39, 0.29) is 10.8 Å². The van der Waals surface area contributed by atoms with Crippen LogP contribution in [0.1, 0.15) is 55.3 Å². The molecular weight excluding hydrogens is 378 g/mol. The van der Waals surface area contributed by atoms with E-state index < -0.39 is 15.9 Å². The van der Waals surface area contributed by atoms with Crippen LogP contribution in [0.2, 0.25) is 0 Å². The zero-order valence-corrected chi connectivity index (χ0v) is 16.7. The molecule has 3 fully saturated rings. The molecule has 2 amide bonds. The molecule has 0 unspecified atom stereocenters. The van der Waals surface area contributed by atoms with Gasteiger partial charge in [0.25, 0.3) is 5.91 Å². The Hall–Kier alpha value is -1.93. The first-order valence-corrected chi connectivity index (χ1v) is 11.6. The van der Waals surface area contributed by atoms with E-state index in [4.69, 9.17) is 0 Å². The maximum atomic E-state index is 12.5. The van der Waals surface area contributed by atoms with Crippen molar-refractivity contribution < 1.29 is 18.0 Å². The number of hydrogen-bond acceptors (Lipinski definition) is 4. The van der Waals surface area contributed by atoms with Crippen LogP contribution in [0.25, 0.3) is 0 Å². The number of sulfonamides is 1. The lowest BCUT2D eigenvalue weighted by Crippen LogP contribution is -2.42. The average molecular weight is 406 g/mol. The zero-order chi connectivity index (χ0) is 19.7. The Labute approximate surface area is 165 Å². The van der Waals surface area contributed by atoms with Gasteiger partial charge in [0.15, 0.2) is 0 Å². The summed E-state index contributed by atoms with van der Waals surface area (Å²) in [6, 6.07) is 5.83. The molecule has 3 aliphatic rings. The maximum Gasteiger partial charge on any atom is 0.269 e. The quantitative estimate of drug-likeness (QED) is 0.733. The van der Waals surface area contributed by atoms with Gasteiger partial charge in [-0.05, 0) is 74.1 Å². The van der Waals surface area contributed by atoms with E-state index >= 15 is 0 Å². The van der Waals surface area contributed by atoms with Gasteiger partial charge in [0, 0.05) is 25.1 Å². The Bertz CT molecular complexity index is 847. The minimum absolute atomic E-state index is 0.167. The number of carbonyl (C=O) groups is 2. The predicted octanol–water partition coefficient (Wildman–Crippen LogP) is 2.06. The second-order valence-corrected chi connectivity index (χ2v) is 10.2. The van der Waals surface area contributed by atoms with Crippen molar-refractivity contribution in [3.63, 3.8) is 0 Å². The van der Waals surface area contributed by atoms with Gasteiger partial charge in [-0.25, -0.2) is 8.42 Å². The van der Waals surface area contributed by atoms with Crippen LogP contribution in [-0.4, -0.2) is 37.6 Å². The van der Waals surface area contributed by atoms with Crippen LogP contribution in [0.5, 0.6) is 0 Å². The monoisotopic (exact) mass is 405 g/mol. The largest absolute Gasteiger partial charge is 0.273 e. The van der Waals surface area contributed by atoms with Crippen molar-refractivity contribution in [1.29, 1.82) is 0 Å². The molecule has 1 heterocycles. The van der Waals surface area contributed by atoms with Crippen molar-refractivity contribution in [1.82, 2.24) is 15.2 Å². The molecule has 0 radical (unpaired) electrons. The van der Waals surface area contributed by atoms with Crippen LogP contribution in [0.3, 0.4) is 0 Å². The van der Waals surface area contributed by atoms with Crippen molar-refractivity contribution in [3.8, 4) is 0 Å². The first kappa shape index (κ1) is 19.4. The van der Waals surface area contributed by atoms with Crippen LogP contribution in [0.15, 0.2) is 29.2 Å². The van der Waals surface area contributed by atoms with Crippen LogP contribution < -0.4 is 10.9 Å². The molecular formula is C20H27N3O4S. The minimum Gasteiger partial charge on any atom is -0.273 e. The van der Waals surface area contributed by atoms with Crippen LogP contribution in [0, 0.1) is 17.8 Å². The summed E-state index contributed by atoms with van der Waals surface area (Å²) >= 11 is 0. The fourth-order valence-corrected chi connectivity index (χ4v) is 6.49. The Morgan fingerprint density at radius 2 is 1.71 bits per heavy atom. The minimum atomic E-state index is -3.49. The van der Waals surface area contributed by atoms with Crippen LogP contribution in [0.4, 0.5) is 0 Å². The van der Waals surface area contributed by atoms with E-state index in [1.807, 2.05) is 0 Å². The van der Waals surface area contributed by atoms with E-state index in [0.717, 1.165) is 25.2 Å². The lowest BCUT2D eigenvalue weighted by molar-refractivity contribution is -0.123. The lowest BCUT2D eigenvalue weighted by Gasteiger charge is -2.20. The van der Waals surface area contributed by atoms with Gasteiger partial charge < -0.3 is 0 Å². The molecule has 0 aromatic heterocycles. The smallest absolute Gasteiger partial charge is 0.269 e. The number of nitrogens with one attached hydrogen (secondary N) is 2. The maximum absolute atomic E-state index is 12.5. The number of carbonyl (C=O) groups excluding carboxylic acids is 2. The standard InChI is InChI=1S/C20H27N3O4S/c24-19(13-17-12-14-3-4-16(17)11-14)21-22-20(25)15-5-7-18(8-6-15)28(26,27)23-9-1-2-10-23/h5-8,14,16-17H,1-4,9-13H2,(H,21,24)(H,22,25)/t14-,16-,17+/m1/s1. The molecule has 8 heteroatoms. The lowest BCUT2D eigenvalue weighted by atomic mass is 9.86. The molecule has 2 bridgehead atoms. The van der Waals surface area contributed by atoms with Gasteiger partial charge in [-0.1, -0.05) is 6.42 Å². The van der Waals surface area contributed by atoms with Crippen molar-refractivity contribution in [3.05, 3.63) is 29.8 Å². The van der Waals surface area contributed by atoms with E-state index in [1.54, 1.807) is 0 Å². The normalized spacial score (nSPS) is 27.1. The second kappa shape index (κ2) is 7.83. The van der Waals surface area contributed by atoms with Crippen molar-refractivity contribution in [2.45, 2.75) is 49.8 Å². The molecule has 28 heavy (non-hydrogen) atoms. The molecule has 4 rings (SSSR count). The SMILES string of the molecule is O=C(C[C@@H]1C[C@@H]2CC[C@@H]1C2)NNC(=O)c1ccc(S(=O)(=O)N2CCCC2)cc1. The number of benzene rings is 1. The highest BCUT2D eigenvalue weighted by molar-refractivity contribution is 7.89. The van der Waals surface area contributed by atoms with Crippen LogP contribution in [-0.2, 0) is 14.8 Å². The molecule has 2 aliphatic carbocycles. The summed E-state index contributed by atoms with van der Waals surface area (Å²) in [5.41, 5.74) is 5.23. The topological polar surface area (TPSA) is 95.6 Å². The van der Waals surface area contributed by atoms with Gasteiger partial charge >= 0.3 is 0 Å². The molecule has 3 atom stereocenters. The molecule has 7 nitrogen and oxygen atoms in total. The van der Waals surface area contributed by atoms with E-state index in [9.17, 15) is 18.0 Å². The average Bonchev–Trinajstić information content (AvgIpc) is 3.44. The van der Waals surface area contributed by atoms with Crippen LogP contribution >= 0.6 is 0 Å². The van der Waals surface area contributed by atoms with Gasteiger partial charge in [0.1, 0.15) is 0 Å². The number of hydrogen-bond donors (Lipinski definition) is 2. The summed E-state index contributed by atoms with van der Waals surface area (Å²) < 4.78 is 26.5. The molecule has 1 aliphatic heterocycles. The third kappa shape index (κ3) is 3.93. The van der Waals surface area contributed by atoms with Gasteiger partial charge in [0.05, 0.1) is 4.90 Å². The Morgan fingerprint density at radius 3 is 2.32 bits per heavy atom. The number of fused-ring (bicyclic) bond motifs is 2. The highest BCUT2D eigenvalue weighted by atomic mass is 32.2. The van der Waals surface area contributed by atoms with E-state index in [1.165, 1.54) is 47.8 Å².